The number of fused-ring (bicyclic) bond motifs is 1. The maximum Gasteiger partial charge on any atom is 0.227 e. The fraction of sp³-hybridized carbons (Fsp3) is 0.304. The first-order valence-electron chi connectivity index (χ1n) is 9.75. The summed E-state index contributed by atoms with van der Waals surface area (Å²) in [6.45, 7) is 1.28. The van der Waals surface area contributed by atoms with Gasteiger partial charge in [-0.3, -0.25) is 9.59 Å². The predicted octanol–water partition coefficient (Wildman–Crippen LogP) is 3.60. The van der Waals surface area contributed by atoms with Crippen LogP contribution >= 0.6 is 0 Å². The van der Waals surface area contributed by atoms with Crippen LogP contribution < -0.4 is 5.32 Å². The summed E-state index contributed by atoms with van der Waals surface area (Å²) in [5.74, 6) is 0.227. The molecule has 2 aliphatic heterocycles. The lowest BCUT2D eigenvalue weighted by molar-refractivity contribution is -0.131. The minimum Gasteiger partial charge on any atom is -0.508 e. The molecule has 4 rings (SSSR count). The summed E-state index contributed by atoms with van der Waals surface area (Å²) < 4.78 is 0. The lowest BCUT2D eigenvalue weighted by Crippen LogP contribution is -2.36. The third kappa shape index (κ3) is 3.93. The summed E-state index contributed by atoms with van der Waals surface area (Å²) in [5.41, 5.74) is 4.31. The van der Waals surface area contributed by atoms with Crippen molar-refractivity contribution in [1.82, 2.24) is 4.90 Å². The molecule has 1 atom stereocenters. The van der Waals surface area contributed by atoms with Crippen LogP contribution in [-0.4, -0.2) is 34.9 Å². The van der Waals surface area contributed by atoms with Crippen molar-refractivity contribution in [3.63, 3.8) is 0 Å². The Balaban J connectivity index is 1.31. The van der Waals surface area contributed by atoms with Gasteiger partial charge in [0.1, 0.15) is 5.75 Å². The van der Waals surface area contributed by atoms with Crippen LogP contribution in [0.2, 0.25) is 0 Å². The molecule has 5 nitrogen and oxygen atoms in total. The van der Waals surface area contributed by atoms with Crippen LogP contribution in [0.1, 0.15) is 30.4 Å². The maximum absolute atomic E-state index is 12.6. The fourth-order valence-corrected chi connectivity index (χ4v) is 3.94. The van der Waals surface area contributed by atoms with Gasteiger partial charge in [-0.05, 0) is 54.2 Å². The van der Waals surface area contributed by atoms with Gasteiger partial charge in [-0.2, -0.15) is 0 Å². The molecule has 2 N–H and O–H groups in total. The number of carbonyl (C=O) groups is 2. The first-order chi connectivity index (χ1) is 13.6. The van der Waals surface area contributed by atoms with Gasteiger partial charge in [0.15, 0.2) is 0 Å². The summed E-state index contributed by atoms with van der Waals surface area (Å²) >= 11 is 0. The zero-order chi connectivity index (χ0) is 19.5. The minimum absolute atomic E-state index is 0.0136. The van der Waals surface area contributed by atoms with Crippen LogP contribution in [0.15, 0.2) is 54.6 Å². The smallest absolute Gasteiger partial charge is 0.227 e. The monoisotopic (exact) mass is 376 g/mol. The number of benzene rings is 2. The summed E-state index contributed by atoms with van der Waals surface area (Å²) in [4.78, 5) is 26.8. The zero-order valence-corrected chi connectivity index (χ0v) is 15.7. The number of para-hydroxylation sites is 1. The molecule has 28 heavy (non-hydrogen) atoms. The van der Waals surface area contributed by atoms with Gasteiger partial charge >= 0.3 is 0 Å². The molecule has 144 valence electrons. The van der Waals surface area contributed by atoms with Crippen LogP contribution in [0.5, 0.6) is 5.75 Å². The number of anilines is 1. The standard InChI is InChI=1S/C23H24N2O3/c26-20-8-5-16(6-9-20)17-11-13-25(14-12-17)22(27)10-7-19-15-18-3-1-2-4-21(18)24-23(19)28/h1-6,8-9,11,19,26H,7,10,12-15H2,(H,24,28). The van der Waals surface area contributed by atoms with Crippen LogP contribution in [-0.2, 0) is 16.0 Å². The second-order valence-corrected chi connectivity index (χ2v) is 7.45. The Hall–Kier alpha value is -3.08. The molecule has 0 aromatic heterocycles. The van der Waals surface area contributed by atoms with E-state index in [0.29, 0.717) is 32.4 Å². The number of rotatable bonds is 4. The Kier molecular flexibility index (Phi) is 5.15. The van der Waals surface area contributed by atoms with Crippen molar-refractivity contribution < 1.29 is 14.7 Å². The molecule has 0 bridgehead atoms. The molecule has 5 heteroatoms. The largest absolute Gasteiger partial charge is 0.508 e. The quantitative estimate of drug-likeness (QED) is 0.857. The highest BCUT2D eigenvalue weighted by molar-refractivity contribution is 5.96. The van der Waals surface area contributed by atoms with Crippen LogP contribution in [0.25, 0.3) is 5.57 Å². The number of phenolic OH excluding ortho intramolecular Hbond substituents is 1. The Labute approximate surface area is 164 Å². The van der Waals surface area contributed by atoms with E-state index in [1.54, 1.807) is 12.1 Å². The molecule has 1 unspecified atom stereocenters. The lowest BCUT2D eigenvalue weighted by atomic mass is 9.89. The van der Waals surface area contributed by atoms with E-state index in [0.717, 1.165) is 23.2 Å². The topological polar surface area (TPSA) is 69.6 Å². The number of nitrogens with zero attached hydrogens (tertiary/aromatic N) is 1. The van der Waals surface area contributed by atoms with E-state index >= 15 is 0 Å². The lowest BCUT2D eigenvalue weighted by Gasteiger charge is -2.28. The number of phenols is 1. The molecular formula is C23H24N2O3. The second-order valence-electron chi connectivity index (χ2n) is 7.45. The van der Waals surface area contributed by atoms with Crippen LogP contribution in [0.3, 0.4) is 0 Å². The van der Waals surface area contributed by atoms with Crippen molar-refractivity contribution in [1.29, 1.82) is 0 Å². The van der Waals surface area contributed by atoms with Crippen molar-refractivity contribution in [3.8, 4) is 5.75 Å². The van der Waals surface area contributed by atoms with Crippen molar-refractivity contribution in [2.75, 3.05) is 18.4 Å². The van der Waals surface area contributed by atoms with Gasteiger partial charge in [0, 0.05) is 31.1 Å². The summed E-state index contributed by atoms with van der Waals surface area (Å²) in [6, 6.07) is 15.0. The SMILES string of the molecule is O=C1Nc2ccccc2CC1CCC(=O)N1CC=C(c2ccc(O)cc2)CC1. The van der Waals surface area contributed by atoms with E-state index in [-0.39, 0.29) is 23.5 Å². The average Bonchev–Trinajstić information content (AvgIpc) is 2.72. The Morgan fingerprint density at radius 1 is 1.14 bits per heavy atom. The number of aromatic hydroxyl groups is 1. The Morgan fingerprint density at radius 2 is 1.93 bits per heavy atom. The van der Waals surface area contributed by atoms with Gasteiger partial charge in [0.05, 0.1) is 0 Å². The first kappa shape index (κ1) is 18.3. The van der Waals surface area contributed by atoms with Crippen molar-refractivity contribution in [2.24, 2.45) is 5.92 Å². The van der Waals surface area contributed by atoms with Crippen molar-refractivity contribution in [2.45, 2.75) is 25.7 Å². The highest BCUT2D eigenvalue weighted by Crippen LogP contribution is 2.28. The average molecular weight is 376 g/mol. The predicted molar refractivity (Wildman–Crippen MR) is 109 cm³/mol. The van der Waals surface area contributed by atoms with E-state index in [1.165, 1.54) is 5.57 Å². The molecule has 2 aromatic carbocycles. The van der Waals surface area contributed by atoms with Crippen molar-refractivity contribution >= 4 is 23.1 Å². The molecule has 0 fully saturated rings. The van der Waals surface area contributed by atoms with Gasteiger partial charge < -0.3 is 15.3 Å². The molecule has 2 heterocycles. The number of amides is 2. The maximum atomic E-state index is 12.6. The third-order valence-corrected chi connectivity index (χ3v) is 5.62. The fourth-order valence-electron chi connectivity index (χ4n) is 3.94. The molecule has 2 amide bonds. The van der Waals surface area contributed by atoms with E-state index in [2.05, 4.69) is 11.4 Å². The highest BCUT2D eigenvalue weighted by Gasteiger charge is 2.27. The summed E-state index contributed by atoms with van der Waals surface area (Å²) in [6.07, 6.45) is 4.54. The van der Waals surface area contributed by atoms with Gasteiger partial charge in [0.2, 0.25) is 11.8 Å². The molecule has 0 spiro atoms. The normalized spacial score (nSPS) is 18.9. The van der Waals surface area contributed by atoms with Gasteiger partial charge in [-0.1, -0.05) is 36.4 Å². The molecule has 0 radical (unpaired) electrons. The molecule has 2 aromatic rings. The second kappa shape index (κ2) is 7.89. The van der Waals surface area contributed by atoms with Gasteiger partial charge in [-0.25, -0.2) is 0 Å². The molecular weight excluding hydrogens is 352 g/mol. The van der Waals surface area contributed by atoms with Crippen molar-refractivity contribution in [3.05, 3.63) is 65.7 Å². The summed E-state index contributed by atoms with van der Waals surface area (Å²) in [7, 11) is 0. The number of hydrogen-bond donors (Lipinski definition) is 2. The highest BCUT2D eigenvalue weighted by atomic mass is 16.3. The molecule has 0 saturated heterocycles. The Bertz CT molecular complexity index is 918. The number of nitrogens with one attached hydrogen (secondary N) is 1. The zero-order valence-electron chi connectivity index (χ0n) is 15.7. The summed E-state index contributed by atoms with van der Waals surface area (Å²) in [5, 5.41) is 12.4. The van der Waals surface area contributed by atoms with Crippen LogP contribution in [0, 0.1) is 5.92 Å². The van der Waals surface area contributed by atoms with Crippen LogP contribution in [0.4, 0.5) is 5.69 Å². The molecule has 0 saturated carbocycles. The van der Waals surface area contributed by atoms with E-state index in [4.69, 9.17) is 0 Å². The van der Waals surface area contributed by atoms with E-state index in [9.17, 15) is 14.7 Å². The number of carbonyl (C=O) groups excluding carboxylic acids is 2. The third-order valence-electron chi connectivity index (χ3n) is 5.62. The molecule has 0 aliphatic carbocycles. The number of hydrogen-bond acceptors (Lipinski definition) is 3. The van der Waals surface area contributed by atoms with Gasteiger partial charge in [0.25, 0.3) is 0 Å². The first-order valence-corrected chi connectivity index (χ1v) is 9.75. The van der Waals surface area contributed by atoms with E-state index < -0.39 is 0 Å². The molecule has 2 aliphatic rings. The minimum atomic E-state index is -0.147. The Morgan fingerprint density at radius 3 is 2.68 bits per heavy atom. The van der Waals surface area contributed by atoms with Gasteiger partial charge in [-0.15, -0.1) is 0 Å². The van der Waals surface area contributed by atoms with E-state index in [1.807, 2.05) is 41.3 Å².